The molecule has 0 aromatic rings. The van der Waals surface area contributed by atoms with E-state index >= 15 is 0 Å². The summed E-state index contributed by atoms with van der Waals surface area (Å²) in [5.41, 5.74) is 0. The molecule has 94 valence electrons. The number of hydrogen-bond acceptors (Lipinski definition) is 2. The summed E-state index contributed by atoms with van der Waals surface area (Å²) in [5, 5.41) is 5.48. The molecule has 0 unspecified atom stereocenters. The molecule has 16 heavy (non-hydrogen) atoms. The highest BCUT2D eigenvalue weighted by molar-refractivity contribution is 5.88. The Balaban J connectivity index is 4.18. The van der Waals surface area contributed by atoms with E-state index < -0.39 is 6.04 Å². The smallest absolute Gasteiger partial charge is 0.242 e. The Hall–Kier alpha value is -1.06. The topological polar surface area (TPSA) is 58.2 Å². The van der Waals surface area contributed by atoms with Crippen LogP contribution in [0.5, 0.6) is 0 Å². The summed E-state index contributed by atoms with van der Waals surface area (Å²) in [5.74, 6) is -0.00428. The zero-order chi connectivity index (χ0) is 12.9. The Morgan fingerprint density at radius 1 is 0.812 bits per heavy atom. The standard InChI is InChI=1S/C12H24N2O2/c1-7(2)9(5)11(15)14-10(6)12(16)13-8(3)4/h7-10H,1-6H3,(H,13,16)(H,14,15)/t9-,10-/m0/s1. The van der Waals surface area contributed by atoms with Gasteiger partial charge >= 0.3 is 0 Å². The van der Waals surface area contributed by atoms with Crippen molar-refractivity contribution in [2.75, 3.05) is 0 Å². The summed E-state index contributed by atoms with van der Waals surface area (Å²) in [6.07, 6.45) is 0. The molecule has 0 saturated carbocycles. The van der Waals surface area contributed by atoms with Crippen molar-refractivity contribution in [1.82, 2.24) is 10.6 Å². The van der Waals surface area contributed by atoms with Crippen molar-refractivity contribution in [3.8, 4) is 0 Å². The summed E-state index contributed by atoms with van der Waals surface area (Å²) in [6.45, 7) is 11.3. The second-order valence-corrected chi connectivity index (χ2v) is 4.93. The highest BCUT2D eigenvalue weighted by atomic mass is 16.2. The fraction of sp³-hybridized carbons (Fsp3) is 0.833. The highest BCUT2D eigenvalue weighted by Gasteiger charge is 2.21. The maximum atomic E-state index is 11.7. The first-order valence-electron chi connectivity index (χ1n) is 5.86. The van der Waals surface area contributed by atoms with E-state index in [-0.39, 0.29) is 29.7 Å². The number of carbonyl (C=O) groups excluding carboxylic acids is 2. The average molecular weight is 228 g/mol. The second kappa shape index (κ2) is 6.51. The molecule has 4 heteroatoms. The minimum absolute atomic E-state index is 0.0681. The Kier molecular flexibility index (Phi) is 6.08. The minimum atomic E-state index is -0.476. The fourth-order valence-electron chi connectivity index (χ4n) is 1.12. The summed E-state index contributed by atoms with van der Waals surface area (Å²) >= 11 is 0. The molecule has 0 aliphatic carbocycles. The lowest BCUT2D eigenvalue weighted by Crippen LogP contribution is -2.48. The van der Waals surface area contributed by atoms with Gasteiger partial charge in [-0.15, -0.1) is 0 Å². The molecular weight excluding hydrogens is 204 g/mol. The number of nitrogens with one attached hydrogen (secondary N) is 2. The van der Waals surface area contributed by atoms with Crippen LogP contribution < -0.4 is 10.6 Å². The van der Waals surface area contributed by atoms with Crippen molar-refractivity contribution in [2.45, 2.75) is 53.6 Å². The van der Waals surface area contributed by atoms with E-state index in [0.717, 1.165) is 0 Å². The lowest BCUT2D eigenvalue weighted by Gasteiger charge is -2.20. The van der Waals surface area contributed by atoms with Gasteiger partial charge in [0.15, 0.2) is 0 Å². The second-order valence-electron chi connectivity index (χ2n) is 4.93. The van der Waals surface area contributed by atoms with E-state index in [2.05, 4.69) is 10.6 Å². The first-order valence-corrected chi connectivity index (χ1v) is 5.86. The Morgan fingerprint density at radius 2 is 1.31 bits per heavy atom. The zero-order valence-corrected chi connectivity index (χ0v) is 11.1. The molecule has 0 spiro atoms. The van der Waals surface area contributed by atoms with Crippen LogP contribution in [0.15, 0.2) is 0 Å². The van der Waals surface area contributed by atoms with E-state index in [9.17, 15) is 9.59 Å². The van der Waals surface area contributed by atoms with Crippen molar-refractivity contribution in [3.05, 3.63) is 0 Å². The summed E-state index contributed by atoms with van der Waals surface area (Å²) in [4.78, 5) is 23.2. The number of carbonyl (C=O) groups is 2. The van der Waals surface area contributed by atoms with Crippen LogP contribution >= 0.6 is 0 Å². The van der Waals surface area contributed by atoms with Crippen LogP contribution in [0.2, 0.25) is 0 Å². The van der Waals surface area contributed by atoms with Crippen molar-refractivity contribution >= 4 is 11.8 Å². The van der Waals surface area contributed by atoms with Gasteiger partial charge in [-0.1, -0.05) is 20.8 Å². The van der Waals surface area contributed by atoms with Crippen LogP contribution in [0.4, 0.5) is 0 Å². The van der Waals surface area contributed by atoms with Crippen LogP contribution in [0, 0.1) is 11.8 Å². The molecule has 2 atom stereocenters. The Labute approximate surface area is 98.2 Å². The third-order valence-electron chi connectivity index (χ3n) is 2.60. The van der Waals surface area contributed by atoms with Gasteiger partial charge in [0, 0.05) is 12.0 Å². The SMILES string of the molecule is CC(C)NC(=O)[C@H](C)NC(=O)[C@@H](C)C(C)C. The largest absolute Gasteiger partial charge is 0.352 e. The Morgan fingerprint density at radius 3 is 1.69 bits per heavy atom. The molecule has 0 rings (SSSR count). The first kappa shape index (κ1) is 14.9. The van der Waals surface area contributed by atoms with Gasteiger partial charge in [-0.05, 0) is 26.7 Å². The van der Waals surface area contributed by atoms with Crippen LogP contribution in [-0.4, -0.2) is 23.9 Å². The van der Waals surface area contributed by atoms with Gasteiger partial charge in [0.25, 0.3) is 0 Å². The van der Waals surface area contributed by atoms with Gasteiger partial charge in [0.2, 0.25) is 11.8 Å². The first-order chi connectivity index (χ1) is 7.25. The molecule has 0 heterocycles. The fourth-order valence-corrected chi connectivity index (χ4v) is 1.12. The van der Waals surface area contributed by atoms with Gasteiger partial charge < -0.3 is 10.6 Å². The molecule has 0 saturated heterocycles. The molecule has 2 N–H and O–H groups in total. The summed E-state index contributed by atoms with van der Waals surface area (Å²) < 4.78 is 0. The predicted molar refractivity (Wildman–Crippen MR) is 64.9 cm³/mol. The monoisotopic (exact) mass is 228 g/mol. The van der Waals surface area contributed by atoms with E-state index in [1.165, 1.54) is 0 Å². The molecule has 0 bridgehead atoms. The molecule has 0 fully saturated rings. The maximum absolute atomic E-state index is 11.7. The number of amides is 2. The molecule has 0 radical (unpaired) electrons. The van der Waals surface area contributed by atoms with Crippen LogP contribution in [-0.2, 0) is 9.59 Å². The third kappa shape index (κ3) is 5.14. The van der Waals surface area contributed by atoms with Gasteiger partial charge in [0.05, 0.1) is 0 Å². The van der Waals surface area contributed by atoms with E-state index in [1.807, 2.05) is 34.6 Å². The third-order valence-corrected chi connectivity index (χ3v) is 2.60. The van der Waals surface area contributed by atoms with Crippen molar-refractivity contribution in [2.24, 2.45) is 11.8 Å². The molecule has 0 aliphatic rings. The minimum Gasteiger partial charge on any atom is -0.352 e. The molecule has 0 aromatic heterocycles. The molecular formula is C12H24N2O2. The van der Waals surface area contributed by atoms with Gasteiger partial charge in [-0.3, -0.25) is 9.59 Å². The highest BCUT2D eigenvalue weighted by Crippen LogP contribution is 2.09. The maximum Gasteiger partial charge on any atom is 0.242 e. The number of hydrogen-bond donors (Lipinski definition) is 2. The van der Waals surface area contributed by atoms with Gasteiger partial charge in [0.1, 0.15) is 6.04 Å². The average Bonchev–Trinajstić information content (AvgIpc) is 2.14. The molecule has 2 amide bonds. The quantitative estimate of drug-likeness (QED) is 0.745. The van der Waals surface area contributed by atoms with Crippen molar-refractivity contribution in [1.29, 1.82) is 0 Å². The summed E-state index contributed by atoms with van der Waals surface area (Å²) in [6, 6.07) is -0.384. The van der Waals surface area contributed by atoms with Crippen LogP contribution in [0.1, 0.15) is 41.5 Å². The van der Waals surface area contributed by atoms with Crippen LogP contribution in [0.25, 0.3) is 0 Å². The lowest BCUT2D eigenvalue weighted by atomic mass is 9.97. The van der Waals surface area contributed by atoms with E-state index in [0.29, 0.717) is 0 Å². The van der Waals surface area contributed by atoms with Crippen LogP contribution in [0.3, 0.4) is 0 Å². The van der Waals surface area contributed by atoms with Crippen molar-refractivity contribution in [3.63, 3.8) is 0 Å². The predicted octanol–water partition coefficient (Wildman–Crippen LogP) is 1.31. The summed E-state index contributed by atoms with van der Waals surface area (Å²) in [7, 11) is 0. The molecule has 0 aliphatic heterocycles. The number of rotatable bonds is 5. The van der Waals surface area contributed by atoms with Gasteiger partial charge in [-0.25, -0.2) is 0 Å². The molecule has 0 aromatic carbocycles. The molecule has 4 nitrogen and oxygen atoms in total. The lowest BCUT2D eigenvalue weighted by molar-refractivity contribution is -0.131. The zero-order valence-electron chi connectivity index (χ0n) is 11.1. The normalized spacial score (nSPS) is 14.8. The van der Waals surface area contributed by atoms with E-state index in [4.69, 9.17) is 0 Å². The van der Waals surface area contributed by atoms with Crippen molar-refractivity contribution < 1.29 is 9.59 Å². The van der Waals surface area contributed by atoms with E-state index in [1.54, 1.807) is 6.92 Å². The Bertz CT molecular complexity index is 249. The van der Waals surface area contributed by atoms with Gasteiger partial charge in [-0.2, -0.15) is 0 Å².